The molecule has 4 aromatic heterocycles. The molecule has 0 aliphatic carbocycles. The van der Waals surface area contributed by atoms with Crippen molar-refractivity contribution < 1.29 is 0 Å². The van der Waals surface area contributed by atoms with Crippen molar-refractivity contribution in [3.63, 3.8) is 0 Å². The highest BCUT2D eigenvalue weighted by Gasteiger charge is 2.34. The maximum absolute atomic E-state index is 2.30. The van der Waals surface area contributed by atoms with Gasteiger partial charge in [-0.05, 0) is 73.5 Å². The number of thioether (sulfide) groups is 4. The van der Waals surface area contributed by atoms with E-state index in [1.807, 2.05) is 92.4 Å². The Morgan fingerprint density at radius 1 is 0.382 bits per heavy atom. The van der Waals surface area contributed by atoms with Crippen molar-refractivity contribution in [2.24, 2.45) is 0 Å². The lowest BCUT2D eigenvalue weighted by Gasteiger charge is -2.04. The molecule has 0 spiro atoms. The summed E-state index contributed by atoms with van der Waals surface area (Å²) in [5, 5.41) is 8.90. The summed E-state index contributed by atoms with van der Waals surface area (Å²) in [4.78, 5) is 11.3. The summed E-state index contributed by atoms with van der Waals surface area (Å²) in [7, 11) is 0. The Labute approximate surface area is 233 Å². The van der Waals surface area contributed by atoms with Gasteiger partial charge >= 0.3 is 0 Å². The van der Waals surface area contributed by atoms with Crippen LogP contribution in [-0.4, -0.2) is 0 Å². The fraction of sp³-hybridized carbons (Fsp3) is 0.154. The van der Waals surface area contributed by atoms with E-state index in [2.05, 4.69) is 73.5 Å². The van der Waals surface area contributed by atoms with Crippen LogP contribution in [0.5, 0.6) is 0 Å². The first-order chi connectivity index (χ1) is 16.5. The SMILES string of the molecule is Cc1sccc1C1=C(c2ccsc2C)SC(=C2SC(c3ccsc3C)=C(c3ccsc3C)S2)S1. The third-order valence-electron chi connectivity index (χ3n) is 5.77. The summed E-state index contributed by atoms with van der Waals surface area (Å²) in [6, 6.07) is 9.19. The van der Waals surface area contributed by atoms with Crippen LogP contribution in [-0.2, 0) is 0 Å². The summed E-state index contributed by atoms with van der Waals surface area (Å²) < 4.78 is 2.84. The molecule has 34 heavy (non-hydrogen) atoms. The molecule has 0 unspecified atom stereocenters. The van der Waals surface area contributed by atoms with E-state index >= 15 is 0 Å². The first-order valence-electron chi connectivity index (χ1n) is 10.6. The number of hydrogen-bond acceptors (Lipinski definition) is 8. The molecule has 0 aromatic carbocycles. The quantitative estimate of drug-likeness (QED) is 0.232. The van der Waals surface area contributed by atoms with E-state index in [0.717, 1.165) is 0 Å². The van der Waals surface area contributed by atoms with Gasteiger partial charge in [-0.15, -0.1) is 45.3 Å². The fourth-order valence-electron chi connectivity index (χ4n) is 3.96. The molecule has 0 radical (unpaired) electrons. The molecule has 2 aliphatic heterocycles. The highest BCUT2D eigenvalue weighted by molar-refractivity contribution is 8.39. The van der Waals surface area contributed by atoms with E-state index in [0.29, 0.717) is 0 Å². The second kappa shape index (κ2) is 9.71. The molecule has 0 atom stereocenters. The molecule has 0 fully saturated rings. The summed E-state index contributed by atoms with van der Waals surface area (Å²) in [5.41, 5.74) is 5.56. The molecule has 0 N–H and O–H groups in total. The Morgan fingerprint density at radius 3 is 0.794 bits per heavy atom. The van der Waals surface area contributed by atoms with Crippen molar-refractivity contribution in [3.8, 4) is 0 Å². The number of aryl methyl sites for hydroxylation is 4. The van der Waals surface area contributed by atoms with Crippen molar-refractivity contribution >= 4 is 112 Å². The van der Waals surface area contributed by atoms with Crippen LogP contribution in [0.25, 0.3) is 19.6 Å². The minimum absolute atomic E-state index is 1.39. The van der Waals surface area contributed by atoms with Crippen molar-refractivity contribution in [2.45, 2.75) is 27.7 Å². The summed E-state index contributed by atoms with van der Waals surface area (Å²) in [6.07, 6.45) is 0. The zero-order chi connectivity index (χ0) is 23.4. The van der Waals surface area contributed by atoms with Gasteiger partial charge < -0.3 is 0 Å². The topological polar surface area (TPSA) is 0 Å². The molecule has 6 heterocycles. The fourth-order valence-corrected chi connectivity index (χ4v) is 13.1. The average Bonchev–Trinajstić information content (AvgIpc) is 3.61. The third kappa shape index (κ3) is 4.18. The van der Waals surface area contributed by atoms with Crippen LogP contribution >= 0.6 is 92.4 Å². The van der Waals surface area contributed by atoms with Gasteiger partial charge in [-0.1, -0.05) is 47.0 Å². The molecule has 0 bridgehead atoms. The Morgan fingerprint density at radius 2 is 0.618 bits per heavy atom. The van der Waals surface area contributed by atoms with Crippen molar-refractivity contribution in [1.82, 2.24) is 0 Å². The second-order valence-corrected chi connectivity index (χ2v) is 16.9. The van der Waals surface area contributed by atoms with E-state index in [-0.39, 0.29) is 0 Å². The number of rotatable bonds is 4. The second-order valence-electron chi connectivity index (χ2n) is 7.86. The van der Waals surface area contributed by atoms with Crippen LogP contribution in [0.3, 0.4) is 0 Å². The monoisotopic (exact) mass is 588 g/mol. The van der Waals surface area contributed by atoms with Gasteiger partial charge in [0.05, 0.1) is 8.47 Å². The van der Waals surface area contributed by atoms with Crippen molar-refractivity contribution in [2.75, 3.05) is 0 Å². The molecule has 0 saturated carbocycles. The lowest BCUT2D eigenvalue weighted by atomic mass is 10.2. The standard InChI is InChI=1S/C26H20S8/c1-13-17(5-9-27-13)21-22(18-6-10-28-14(18)2)32-25(31-21)26-33-23(19-7-11-29-15(19)3)24(34-26)20-8-12-30-16(20)4/h5-12H,1-4H3. The van der Waals surface area contributed by atoms with Gasteiger partial charge in [0, 0.05) is 61.4 Å². The third-order valence-corrected chi connectivity index (χ3v) is 15.0. The van der Waals surface area contributed by atoms with Crippen LogP contribution in [0.4, 0.5) is 0 Å². The summed E-state index contributed by atoms with van der Waals surface area (Å²) >= 11 is 15.3. The summed E-state index contributed by atoms with van der Waals surface area (Å²) in [6.45, 7) is 8.99. The van der Waals surface area contributed by atoms with Crippen molar-refractivity contribution in [3.05, 3.63) is 96.0 Å². The largest absolute Gasteiger partial charge is 0.149 e. The maximum atomic E-state index is 2.30. The normalized spacial score (nSPS) is 16.6. The van der Waals surface area contributed by atoms with Crippen LogP contribution in [0.15, 0.2) is 54.3 Å². The predicted molar refractivity (Wildman–Crippen MR) is 167 cm³/mol. The highest BCUT2D eigenvalue weighted by atomic mass is 32.2. The van der Waals surface area contributed by atoms with E-state index < -0.39 is 0 Å². The minimum Gasteiger partial charge on any atom is -0.149 e. The maximum Gasteiger partial charge on any atom is 0.0707 e. The Balaban J connectivity index is 1.44. The van der Waals surface area contributed by atoms with Gasteiger partial charge in [0.1, 0.15) is 0 Å². The summed E-state index contributed by atoms with van der Waals surface area (Å²) in [5.74, 6) is 0. The van der Waals surface area contributed by atoms with Crippen LogP contribution < -0.4 is 0 Å². The number of thiophene rings is 4. The van der Waals surface area contributed by atoms with Gasteiger partial charge in [0.25, 0.3) is 0 Å². The predicted octanol–water partition coefficient (Wildman–Crippen LogP) is 11.6. The zero-order valence-electron chi connectivity index (χ0n) is 18.9. The Bertz CT molecular complexity index is 1280. The highest BCUT2D eigenvalue weighted by Crippen LogP contribution is 2.67. The molecular formula is C26H20S8. The van der Waals surface area contributed by atoms with E-state index in [4.69, 9.17) is 0 Å². The average molecular weight is 589 g/mol. The molecule has 0 amide bonds. The Kier molecular flexibility index (Phi) is 6.79. The first kappa shape index (κ1) is 23.8. The van der Waals surface area contributed by atoms with Crippen LogP contribution in [0, 0.1) is 27.7 Å². The zero-order valence-corrected chi connectivity index (χ0v) is 25.4. The van der Waals surface area contributed by atoms with E-state index in [9.17, 15) is 0 Å². The molecule has 2 aliphatic rings. The van der Waals surface area contributed by atoms with Gasteiger partial charge in [-0.25, -0.2) is 0 Å². The first-order valence-corrected chi connectivity index (χ1v) is 17.4. The van der Waals surface area contributed by atoms with Gasteiger partial charge in [-0.2, -0.15) is 0 Å². The van der Waals surface area contributed by atoms with Gasteiger partial charge in [0.2, 0.25) is 0 Å². The number of hydrogen-bond donors (Lipinski definition) is 0. The van der Waals surface area contributed by atoms with Crippen molar-refractivity contribution in [1.29, 1.82) is 0 Å². The smallest absolute Gasteiger partial charge is 0.0707 e. The molecule has 0 nitrogen and oxygen atoms in total. The molecule has 0 saturated heterocycles. The Hall–Kier alpha value is -0.580. The van der Waals surface area contributed by atoms with Crippen LogP contribution in [0.1, 0.15) is 41.8 Å². The lowest BCUT2D eigenvalue weighted by molar-refractivity contribution is 1.58. The molecule has 6 rings (SSSR count). The van der Waals surface area contributed by atoms with E-state index in [1.54, 1.807) is 0 Å². The minimum atomic E-state index is 1.39. The van der Waals surface area contributed by atoms with E-state index in [1.165, 1.54) is 69.9 Å². The molecular weight excluding hydrogens is 569 g/mol. The molecule has 172 valence electrons. The van der Waals surface area contributed by atoms with Gasteiger partial charge in [0.15, 0.2) is 0 Å². The van der Waals surface area contributed by atoms with Crippen LogP contribution in [0.2, 0.25) is 0 Å². The van der Waals surface area contributed by atoms with Gasteiger partial charge in [-0.3, -0.25) is 0 Å². The molecule has 4 aromatic rings. The lowest BCUT2D eigenvalue weighted by Crippen LogP contribution is -1.82. The molecule has 8 heteroatoms.